The first-order valence-corrected chi connectivity index (χ1v) is 7.46. The van der Waals surface area contributed by atoms with Gasteiger partial charge < -0.3 is 10.0 Å². The third-order valence-corrected chi connectivity index (χ3v) is 4.52. The first kappa shape index (κ1) is 14.2. The van der Waals surface area contributed by atoms with Gasteiger partial charge in [-0.05, 0) is 6.07 Å². The second-order valence-corrected chi connectivity index (χ2v) is 6.54. The largest absolute Gasteiger partial charge is 0.477 e. The Balaban J connectivity index is 2.40. The molecule has 1 fully saturated rings. The summed E-state index contributed by atoms with van der Waals surface area (Å²) in [7, 11) is -3.14. The van der Waals surface area contributed by atoms with Gasteiger partial charge in [0.05, 0.1) is 16.4 Å². The molecule has 0 radical (unpaired) electrons. The molecule has 1 aliphatic heterocycles. The van der Waals surface area contributed by atoms with Crippen LogP contribution in [-0.2, 0) is 9.84 Å². The van der Waals surface area contributed by atoms with Crippen LogP contribution in [0.25, 0.3) is 0 Å². The zero-order valence-electron chi connectivity index (χ0n) is 10.2. The molecular formula is C10H11N3O6S. The Hall–Kier alpha value is -2.23. The number of aromatic nitrogens is 1. The predicted molar refractivity (Wildman–Crippen MR) is 68.7 cm³/mol. The average Bonchev–Trinajstić information content (AvgIpc) is 2.37. The molecule has 9 nitrogen and oxygen atoms in total. The van der Waals surface area contributed by atoms with Crippen molar-refractivity contribution in [3.63, 3.8) is 0 Å². The highest BCUT2D eigenvalue weighted by atomic mass is 32.2. The lowest BCUT2D eigenvalue weighted by atomic mass is 10.3. The van der Waals surface area contributed by atoms with Crippen LogP contribution in [0.2, 0.25) is 0 Å². The maximum absolute atomic E-state index is 11.3. The molecule has 0 spiro atoms. The van der Waals surface area contributed by atoms with Crippen LogP contribution in [0.3, 0.4) is 0 Å². The number of carbonyl (C=O) groups is 1. The molecule has 1 saturated heterocycles. The van der Waals surface area contributed by atoms with Gasteiger partial charge in [-0.15, -0.1) is 0 Å². The molecule has 0 aromatic carbocycles. The smallest absolute Gasteiger partial charge is 0.354 e. The average molecular weight is 301 g/mol. The van der Waals surface area contributed by atoms with Gasteiger partial charge in [0.2, 0.25) is 5.82 Å². The number of nitrogens with zero attached hydrogens (tertiary/aromatic N) is 3. The Morgan fingerprint density at radius 2 is 1.95 bits per heavy atom. The molecule has 1 aromatic heterocycles. The number of sulfone groups is 1. The van der Waals surface area contributed by atoms with Gasteiger partial charge in [-0.25, -0.2) is 18.2 Å². The molecule has 0 unspecified atom stereocenters. The molecular weight excluding hydrogens is 290 g/mol. The monoisotopic (exact) mass is 301 g/mol. The van der Waals surface area contributed by atoms with Gasteiger partial charge in [-0.1, -0.05) is 0 Å². The zero-order chi connectivity index (χ0) is 14.9. The lowest BCUT2D eigenvalue weighted by molar-refractivity contribution is -0.384. The maximum atomic E-state index is 11.3. The van der Waals surface area contributed by atoms with E-state index in [1.807, 2.05) is 0 Å². The minimum Gasteiger partial charge on any atom is -0.477 e. The van der Waals surface area contributed by atoms with Crippen LogP contribution >= 0.6 is 0 Å². The van der Waals surface area contributed by atoms with E-state index < -0.39 is 20.7 Å². The molecule has 0 aliphatic carbocycles. The molecule has 1 N–H and O–H groups in total. The summed E-state index contributed by atoms with van der Waals surface area (Å²) in [5.41, 5.74) is -0.659. The molecule has 2 rings (SSSR count). The summed E-state index contributed by atoms with van der Waals surface area (Å²) in [6.45, 7) is 0.110. The van der Waals surface area contributed by atoms with Crippen LogP contribution in [-0.4, -0.2) is 54.0 Å². The number of nitro groups is 1. The number of pyridine rings is 1. The molecule has 2 heterocycles. The van der Waals surface area contributed by atoms with E-state index in [0.717, 1.165) is 12.1 Å². The van der Waals surface area contributed by atoms with Crippen LogP contribution in [0.4, 0.5) is 11.5 Å². The normalized spacial score (nSPS) is 17.7. The highest BCUT2D eigenvalue weighted by Crippen LogP contribution is 2.27. The second-order valence-electron chi connectivity index (χ2n) is 4.24. The first-order valence-electron chi connectivity index (χ1n) is 5.64. The topological polar surface area (TPSA) is 131 Å². The summed E-state index contributed by atoms with van der Waals surface area (Å²) in [5, 5.41) is 19.8. The molecule has 108 valence electrons. The van der Waals surface area contributed by atoms with Crippen molar-refractivity contribution in [3.8, 4) is 0 Å². The van der Waals surface area contributed by atoms with E-state index in [2.05, 4.69) is 4.98 Å². The standard InChI is InChI=1S/C10H11N3O6S/c14-10(15)7-1-2-8(13(16)17)9(11-7)12-3-5-20(18,19)6-4-12/h1-2H,3-6H2,(H,14,15). The molecule has 20 heavy (non-hydrogen) atoms. The predicted octanol–water partition coefficient (Wildman–Crippen LogP) is -0.0772. The van der Waals surface area contributed by atoms with E-state index in [9.17, 15) is 23.3 Å². The minimum absolute atomic E-state index is 0.0548. The van der Waals surface area contributed by atoms with Crippen molar-refractivity contribution in [2.24, 2.45) is 0 Å². The van der Waals surface area contributed by atoms with Gasteiger partial charge >= 0.3 is 11.7 Å². The number of aromatic carboxylic acids is 1. The minimum atomic E-state index is -3.14. The number of hydrogen-bond donors (Lipinski definition) is 1. The number of rotatable bonds is 3. The highest BCUT2D eigenvalue weighted by Gasteiger charge is 2.28. The fraction of sp³-hybridized carbons (Fsp3) is 0.400. The highest BCUT2D eigenvalue weighted by molar-refractivity contribution is 7.91. The SMILES string of the molecule is O=C(O)c1ccc([N+](=O)[O-])c(N2CCS(=O)(=O)CC2)n1. The van der Waals surface area contributed by atoms with Gasteiger partial charge in [0, 0.05) is 19.2 Å². The number of anilines is 1. The number of carboxylic acids is 1. The molecule has 10 heteroatoms. The van der Waals surface area contributed by atoms with Crippen molar-refractivity contribution < 1.29 is 23.2 Å². The van der Waals surface area contributed by atoms with Crippen LogP contribution < -0.4 is 4.90 Å². The van der Waals surface area contributed by atoms with Crippen molar-refractivity contribution in [3.05, 3.63) is 27.9 Å². The Morgan fingerprint density at radius 1 is 1.35 bits per heavy atom. The summed E-state index contributed by atoms with van der Waals surface area (Å²) in [5.74, 6) is -1.68. The van der Waals surface area contributed by atoms with Crippen LogP contribution in [0, 0.1) is 10.1 Å². The van der Waals surface area contributed by atoms with E-state index in [1.165, 1.54) is 4.90 Å². The van der Waals surface area contributed by atoms with E-state index >= 15 is 0 Å². The van der Waals surface area contributed by atoms with E-state index in [4.69, 9.17) is 5.11 Å². The van der Waals surface area contributed by atoms with Crippen molar-refractivity contribution in [1.82, 2.24) is 4.98 Å². The van der Waals surface area contributed by atoms with Crippen molar-refractivity contribution in [1.29, 1.82) is 0 Å². The summed E-state index contributed by atoms with van der Waals surface area (Å²) in [6, 6.07) is 2.11. The molecule has 1 aromatic rings. The van der Waals surface area contributed by atoms with Gasteiger partial charge in [0.1, 0.15) is 0 Å². The van der Waals surface area contributed by atoms with Crippen LogP contribution in [0.5, 0.6) is 0 Å². The third kappa shape index (κ3) is 2.85. The molecule has 0 saturated carbocycles. The third-order valence-electron chi connectivity index (χ3n) is 2.91. The van der Waals surface area contributed by atoms with Crippen molar-refractivity contribution in [2.75, 3.05) is 29.5 Å². The van der Waals surface area contributed by atoms with Gasteiger partial charge in [0.15, 0.2) is 15.5 Å². The maximum Gasteiger partial charge on any atom is 0.354 e. The Kier molecular flexibility index (Phi) is 3.57. The van der Waals surface area contributed by atoms with Gasteiger partial charge in [0.25, 0.3) is 0 Å². The lowest BCUT2D eigenvalue weighted by Crippen LogP contribution is -2.41. The Morgan fingerprint density at radius 3 is 2.45 bits per heavy atom. The summed E-state index contributed by atoms with van der Waals surface area (Å²) in [6.07, 6.45) is 0. The van der Waals surface area contributed by atoms with E-state index in [-0.39, 0.29) is 41.8 Å². The molecule has 0 amide bonds. The van der Waals surface area contributed by atoms with Crippen LogP contribution in [0.15, 0.2) is 12.1 Å². The summed E-state index contributed by atoms with van der Waals surface area (Å²) in [4.78, 5) is 26.3. The fourth-order valence-corrected chi connectivity index (χ4v) is 3.06. The summed E-state index contributed by atoms with van der Waals surface area (Å²) >= 11 is 0. The number of carboxylic acid groups (broad SMARTS) is 1. The second kappa shape index (κ2) is 5.04. The molecule has 0 atom stereocenters. The van der Waals surface area contributed by atoms with Crippen molar-refractivity contribution >= 4 is 27.3 Å². The first-order chi connectivity index (χ1) is 9.30. The number of hydrogen-bond acceptors (Lipinski definition) is 7. The lowest BCUT2D eigenvalue weighted by Gasteiger charge is -2.27. The molecule has 0 bridgehead atoms. The molecule has 1 aliphatic rings. The van der Waals surface area contributed by atoms with Crippen molar-refractivity contribution in [2.45, 2.75) is 0 Å². The van der Waals surface area contributed by atoms with E-state index in [1.54, 1.807) is 0 Å². The van der Waals surface area contributed by atoms with Gasteiger partial charge in [-0.2, -0.15) is 0 Å². The Bertz CT molecular complexity index is 658. The van der Waals surface area contributed by atoms with E-state index in [0.29, 0.717) is 0 Å². The van der Waals surface area contributed by atoms with Crippen LogP contribution in [0.1, 0.15) is 10.5 Å². The fourth-order valence-electron chi connectivity index (χ4n) is 1.86. The van der Waals surface area contributed by atoms with Gasteiger partial charge in [-0.3, -0.25) is 10.1 Å². The quantitative estimate of drug-likeness (QED) is 0.606. The Labute approximate surface area is 113 Å². The summed E-state index contributed by atoms with van der Waals surface area (Å²) < 4.78 is 22.7. The zero-order valence-corrected chi connectivity index (χ0v) is 11.0.